The molecule has 2 amide bonds. The monoisotopic (exact) mass is 288 g/mol. The van der Waals surface area contributed by atoms with Crippen LogP contribution in [0.3, 0.4) is 0 Å². The Labute approximate surface area is 123 Å². The molecule has 1 heterocycles. The van der Waals surface area contributed by atoms with E-state index >= 15 is 0 Å². The minimum Gasteiger partial charge on any atom is -0.480 e. The van der Waals surface area contributed by atoms with Crippen LogP contribution in [-0.2, 0) is 17.8 Å². The van der Waals surface area contributed by atoms with Crippen molar-refractivity contribution in [3.8, 4) is 0 Å². The lowest BCUT2D eigenvalue weighted by Gasteiger charge is -2.35. The molecule has 2 N–H and O–H groups in total. The molecule has 21 heavy (non-hydrogen) atoms. The quantitative estimate of drug-likeness (QED) is 0.894. The van der Waals surface area contributed by atoms with Crippen LogP contribution >= 0.6 is 0 Å². The van der Waals surface area contributed by atoms with E-state index in [0.29, 0.717) is 25.4 Å². The molecule has 5 heteroatoms. The molecule has 1 aliphatic heterocycles. The molecule has 1 saturated carbocycles. The highest BCUT2D eigenvalue weighted by Crippen LogP contribution is 2.26. The van der Waals surface area contributed by atoms with Gasteiger partial charge in [0.25, 0.3) is 0 Å². The van der Waals surface area contributed by atoms with Crippen molar-refractivity contribution in [2.24, 2.45) is 5.92 Å². The third kappa shape index (κ3) is 2.86. The number of carboxylic acid groups (broad SMARTS) is 1. The number of rotatable bonds is 3. The minimum atomic E-state index is -0.941. The average Bonchev–Trinajstić information content (AvgIpc) is 2.44. The molecule has 1 fully saturated rings. The van der Waals surface area contributed by atoms with E-state index in [4.69, 9.17) is 0 Å². The van der Waals surface area contributed by atoms with Gasteiger partial charge in [0.2, 0.25) is 0 Å². The van der Waals surface area contributed by atoms with Crippen LogP contribution in [0.25, 0.3) is 0 Å². The number of carboxylic acids is 1. The summed E-state index contributed by atoms with van der Waals surface area (Å²) in [6, 6.07) is 6.69. The molecule has 1 atom stereocenters. The molecular formula is C16H20N2O3. The van der Waals surface area contributed by atoms with Gasteiger partial charge in [-0.15, -0.1) is 0 Å². The van der Waals surface area contributed by atoms with Gasteiger partial charge in [0.05, 0.1) is 0 Å². The molecule has 0 saturated heterocycles. The Morgan fingerprint density at radius 1 is 1.24 bits per heavy atom. The Balaban J connectivity index is 1.72. The number of nitrogens with zero attached hydrogens (tertiary/aromatic N) is 1. The van der Waals surface area contributed by atoms with Crippen molar-refractivity contribution in [1.29, 1.82) is 0 Å². The SMILES string of the molecule is O=C(O)[C@@H]1Cc2ccccc2CN1C(=O)NCC1CCC1. The number of benzene rings is 1. The van der Waals surface area contributed by atoms with Gasteiger partial charge in [-0.05, 0) is 29.9 Å². The Kier molecular flexibility index (Phi) is 3.82. The summed E-state index contributed by atoms with van der Waals surface area (Å²) in [5, 5.41) is 12.3. The summed E-state index contributed by atoms with van der Waals surface area (Å²) in [6.07, 6.45) is 3.93. The lowest BCUT2D eigenvalue weighted by atomic mass is 9.85. The van der Waals surface area contributed by atoms with Crippen molar-refractivity contribution in [2.45, 2.75) is 38.3 Å². The van der Waals surface area contributed by atoms with Gasteiger partial charge in [-0.2, -0.15) is 0 Å². The molecule has 3 rings (SSSR count). The van der Waals surface area contributed by atoms with Crippen LogP contribution in [0.2, 0.25) is 0 Å². The van der Waals surface area contributed by atoms with Crippen molar-refractivity contribution in [2.75, 3.05) is 6.54 Å². The van der Waals surface area contributed by atoms with Crippen molar-refractivity contribution in [1.82, 2.24) is 10.2 Å². The van der Waals surface area contributed by atoms with E-state index in [9.17, 15) is 14.7 Å². The van der Waals surface area contributed by atoms with Gasteiger partial charge in [0.15, 0.2) is 0 Å². The first-order valence-corrected chi connectivity index (χ1v) is 7.49. The van der Waals surface area contributed by atoms with E-state index in [1.165, 1.54) is 11.3 Å². The summed E-state index contributed by atoms with van der Waals surface area (Å²) in [4.78, 5) is 25.2. The van der Waals surface area contributed by atoms with E-state index < -0.39 is 12.0 Å². The van der Waals surface area contributed by atoms with Crippen LogP contribution in [-0.4, -0.2) is 34.6 Å². The number of hydrogen-bond acceptors (Lipinski definition) is 2. The zero-order chi connectivity index (χ0) is 14.8. The molecule has 0 unspecified atom stereocenters. The van der Waals surface area contributed by atoms with Gasteiger partial charge in [0.1, 0.15) is 6.04 Å². The topological polar surface area (TPSA) is 69.6 Å². The summed E-state index contributed by atoms with van der Waals surface area (Å²) in [6.45, 7) is 1.02. The van der Waals surface area contributed by atoms with Crippen LogP contribution in [0, 0.1) is 5.92 Å². The molecule has 0 radical (unpaired) electrons. The fraction of sp³-hybridized carbons (Fsp3) is 0.500. The maximum Gasteiger partial charge on any atom is 0.326 e. The van der Waals surface area contributed by atoms with Gasteiger partial charge in [-0.25, -0.2) is 9.59 Å². The number of amides is 2. The van der Waals surface area contributed by atoms with Crippen LogP contribution < -0.4 is 5.32 Å². The first kappa shape index (κ1) is 13.9. The number of urea groups is 1. The van der Waals surface area contributed by atoms with Crippen molar-refractivity contribution < 1.29 is 14.7 Å². The second-order valence-electron chi connectivity index (χ2n) is 5.94. The van der Waals surface area contributed by atoms with Crippen LogP contribution in [0.5, 0.6) is 0 Å². The van der Waals surface area contributed by atoms with Gasteiger partial charge in [-0.1, -0.05) is 30.7 Å². The van der Waals surface area contributed by atoms with Gasteiger partial charge >= 0.3 is 12.0 Å². The van der Waals surface area contributed by atoms with Gasteiger partial charge < -0.3 is 15.3 Å². The summed E-state index contributed by atoms with van der Waals surface area (Å²) >= 11 is 0. The Hall–Kier alpha value is -2.04. The minimum absolute atomic E-state index is 0.260. The summed E-state index contributed by atoms with van der Waals surface area (Å²) in [5.74, 6) is -0.377. The Morgan fingerprint density at radius 2 is 1.95 bits per heavy atom. The number of carbonyl (C=O) groups is 2. The fourth-order valence-electron chi connectivity index (χ4n) is 2.99. The maximum atomic E-state index is 12.3. The largest absolute Gasteiger partial charge is 0.480 e. The molecule has 5 nitrogen and oxygen atoms in total. The highest BCUT2D eigenvalue weighted by Gasteiger charge is 2.34. The predicted molar refractivity (Wildman–Crippen MR) is 77.9 cm³/mol. The van der Waals surface area contributed by atoms with Crippen molar-refractivity contribution >= 4 is 12.0 Å². The molecule has 1 aromatic rings. The van der Waals surface area contributed by atoms with E-state index in [0.717, 1.165) is 24.0 Å². The number of nitrogens with one attached hydrogen (secondary N) is 1. The molecule has 0 bridgehead atoms. The first-order valence-electron chi connectivity index (χ1n) is 7.49. The molecule has 112 valence electrons. The Bertz CT molecular complexity index is 554. The third-order valence-electron chi connectivity index (χ3n) is 4.56. The number of fused-ring (bicyclic) bond motifs is 1. The maximum absolute atomic E-state index is 12.3. The van der Waals surface area contributed by atoms with E-state index in [1.54, 1.807) is 0 Å². The molecule has 2 aliphatic rings. The molecular weight excluding hydrogens is 268 g/mol. The second kappa shape index (κ2) is 5.76. The summed E-state index contributed by atoms with van der Waals surface area (Å²) in [5.41, 5.74) is 2.06. The lowest BCUT2D eigenvalue weighted by molar-refractivity contribution is -0.142. The zero-order valence-electron chi connectivity index (χ0n) is 11.9. The zero-order valence-corrected chi connectivity index (χ0v) is 11.9. The molecule has 1 aliphatic carbocycles. The number of carbonyl (C=O) groups excluding carboxylic acids is 1. The van der Waals surface area contributed by atoms with Crippen LogP contribution in [0.15, 0.2) is 24.3 Å². The Morgan fingerprint density at radius 3 is 2.57 bits per heavy atom. The van der Waals surface area contributed by atoms with Crippen LogP contribution in [0.4, 0.5) is 4.79 Å². The van der Waals surface area contributed by atoms with E-state index in [-0.39, 0.29) is 6.03 Å². The third-order valence-corrected chi connectivity index (χ3v) is 4.56. The van der Waals surface area contributed by atoms with Crippen molar-refractivity contribution in [3.05, 3.63) is 35.4 Å². The first-order chi connectivity index (χ1) is 10.1. The highest BCUT2D eigenvalue weighted by atomic mass is 16.4. The number of hydrogen-bond donors (Lipinski definition) is 2. The molecule has 0 spiro atoms. The van der Waals surface area contributed by atoms with Gasteiger partial charge in [-0.3, -0.25) is 0 Å². The molecule has 0 aromatic heterocycles. The average molecular weight is 288 g/mol. The summed E-state index contributed by atoms with van der Waals surface area (Å²) in [7, 11) is 0. The standard InChI is InChI=1S/C16H20N2O3/c19-15(20)14-8-12-6-1-2-7-13(12)10-18(14)16(21)17-9-11-4-3-5-11/h1-2,6-7,11,14H,3-5,8-10H2,(H,17,21)(H,19,20)/t14-/m0/s1. The number of aliphatic carboxylic acids is 1. The van der Waals surface area contributed by atoms with E-state index in [2.05, 4.69) is 5.32 Å². The second-order valence-corrected chi connectivity index (χ2v) is 5.94. The smallest absolute Gasteiger partial charge is 0.326 e. The lowest BCUT2D eigenvalue weighted by Crippen LogP contribution is -2.53. The van der Waals surface area contributed by atoms with Crippen LogP contribution in [0.1, 0.15) is 30.4 Å². The fourth-order valence-corrected chi connectivity index (χ4v) is 2.99. The van der Waals surface area contributed by atoms with Crippen molar-refractivity contribution in [3.63, 3.8) is 0 Å². The van der Waals surface area contributed by atoms with E-state index in [1.807, 2.05) is 24.3 Å². The summed E-state index contributed by atoms with van der Waals surface area (Å²) < 4.78 is 0. The van der Waals surface area contributed by atoms with Gasteiger partial charge in [0, 0.05) is 19.5 Å². The highest BCUT2D eigenvalue weighted by molar-refractivity contribution is 5.83. The normalized spacial score (nSPS) is 21.3. The molecule has 1 aromatic carbocycles. The predicted octanol–water partition coefficient (Wildman–Crippen LogP) is 2.01.